The molecule has 1 saturated heterocycles. The molecule has 3 aromatic carbocycles. The lowest BCUT2D eigenvalue weighted by atomic mass is 9.91. The van der Waals surface area contributed by atoms with E-state index in [0.717, 1.165) is 47.2 Å². The van der Waals surface area contributed by atoms with Gasteiger partial charge in [-0.2, -0.15) is 9.40 Å². The van der Waals surface area contributed by atoms with Crippen LogP contribution in [0.25, 0.3) is 16.5 Å². The van der Waals surface area contributed by atoms with E-state index in [2.05, 4.69) is 36.4 Å². The molecule has 2 N–H and O–H groups in total. The monoisotopic (exact) mass is 636 g/mol. The maximum atomic E-state index is 13.5. The second kappa shape index (κ2) is 12.7. The topological polar surface area (TPSA) is 109 Å². The molecule has 1 fully saturated rings. The molecule has 0 bridgehead atoms. The van der Waals surface area contributed by atoms with E-state index in [-0.39, 0.29) is 11.4 Å². The van der Waals surface area contributed by atoms with Crippen LogP contribution in [0.4, 0.5) is 16.3 Å². The molecule has 2 aromatic heterocycles. The van der Waals surface area contributed by atoms with E-state index in [1.165, 1.54) is 0 Å². The molecule has 10 heteroatoms. The maximum absolute atomic E-state index is 13.5. The van der Waals surface area contributed by atoms with Crippen LogP contribution in [0.1, 0.15) is 50.4 Å². The summed E-state index contributed by atoms with van der Waals surface area (Å²) in [5.41, 5.74) is 4.55. The predicted octanol–water partition coefficient (Wildman–Crippen LogP) is 7.31. The Balaban J connectivity index is 1.06. The fourth-order valence-electron chi connectivity index (χ4n) is 5.87. The van der Waals surface area contributed by atoms with Crippen LogP contribution in [0.2, 0.25) is 0 Å². The van der Waals surface area contributed by atoms with Crippen LogP contribution in [0.15, 0.2) is 96.2 Å². The Bertz CT molecular complexity index is 1950. The van der Waals surface area contributed by atoms with E-state index in [4.69, 9.17) is 5.10 Å². The molecule has 1 aliphatic rings. The van der Waals surface area contributed by atoms with E-state index in [9.17, 15) is 13.2 Å². The first-order valence-corrected chi connectivity index (χ1v) is 17.1. The van der Waals surface area contributed by atoms with Crippen molar-refractivity contribution < 1.29 is 13.2 Å². The number of hydrogen-bond acceptors (Lipinski definition) is 5. The van der Waals surface area contributed by atoms with Gasteiger partial charge in [0.2, 0.25) is 10.0 Å². The number of nitrogens with zero attached hydrogens (tertiary/aromatic N) is 4. The molecular weight excluding hydrogens is 597 g/mol. The molecule has 0 radical (unpaired) electrons. The van der Waals surface area contributed by atoms with E-state index >= 15 is 0 Å². The molecule has 238 valence electrons. The molecule has 9 nitrogen and oxygen atoms in total. The molecule has 0 saturated carbocycles. The van der Waals surface area contributed by atoms with E-state index in [0.29, 0.717) is 40.8 Å². The molecule has 6 rings (SSSR count). The van der Waals surface area contributed by atoms with Crippen molar-refractivity contribution in [2.45, 2.75) is 57.3 Å². The molecule has 1 aliphatic heterocycles. The smallest absolute Gasteiger partial charge is 0.308 e. The summed E-state index contributed by atoms with van der Waals surface area (Å²) in [7, 11) is -3.60. The molecule has 0 spiro atoms. The molecule has 2 amide bonds. The highest BCUT2D eigenvalue weighted by Crippen LogP contribution is 2.30. The molecule has 46 heavy (non-hydrogen) atoms. The van der Waals surface area contributed by atoms with E-state index in [1.807, 2.05) is 67.6 Å². The predicted molar refractivity (Wildman–Crippen MR) is 183 cm³/mol. The summed E-state index contributed by atoms with van der Waals surface area (Å²) in [6.45, 7) is 9.30. The number of piperidine rings is 1. The van der Waals surface area contributed by atoms with E-state index < -0.39 is 10.0 Å². The third-order valence-electron chi connectivity index (χ3n) is 8.57. The largest absolute Gasteiger partial charge is 0.324 e. The number of urea groups is 1. The van der Waals surface area contributed by atoms with Crippen LogP contribution in [-0.4, -0.2) is 46.6 Å². The Morgan fingerprint density at radius 2 is 1.65 bits per heavy atom. The van der Waals surface area contributed by atoms with Gasteiger partial charge in [-0.1, -0.05) is 62.7 Å². The summed E-state index contributed by atoms with van der Waals surface area (Å²) < 4.78 is 30.4. The number of fused-ring (bicyclic) bond motifs is 1. The summed E-state index contributed by atoms with van der Waals surface area (Å²) in [5.74, 6) is 0.970. The minimum Gasteiger partial charge on any atom is -0.308 e. The van der Waals surface area contributed by atoms with Crippen molar-refractivity contribution in [3.63, 3.8) is 0 Å². The standard InChI is InChI=1S/C36H40N6O3S/c1-25-8-14-30(15-9-25)42-34(23-33(40-42)36(2,3)4)39-35(43)38-29-12-10-26(11-13-29)22-27-17-20-41(21-18-27)46(44,45)32-7-5-6-28-24-37-19-16-31(28)32/h5-16,19,23-24,27H,17-18,20-22H2,1-4H3,(H2,38,39,43). The van der Waals surface area contributed by atoms with Crippen molar-refractivity contribution >= 4 is 38.3 Å². The zero-order valence-corrected chi connectivity index (χ0v) is 27.5. The first kappa shape index (κ1) is 31.4. The van der Waals surface area contributed by atoms with Gasteiger partial charge in [0.05, 0.1) is 16.3 Å². The van der Waals surface area contributed by atoms with E-state index in [1.54, 1.807) is 39.6 Å². The molecule has 0 aliphatic carbocycles. The Morgan fingerprint density at radius 3 is 2.35 bits per heavy atom. The third-order valence-corrected chi connectivity index (χ3v) is 10.5. The SMILES string of the molecule is Cc1ccc(-n2nc(C(C)(C)C)cc2NC(=O)Nc2ccc(CC3CCN(S(=O)(=O)c4cccc5cnccc45)CC3)cc2)cc1. The minimum absolute atomic E-state index is 0.182. The lowest BCUT2D eigenvalue weighted by Crippen LogP contribution is -2.38. The molecule has 0 atom stereocenters. The number of pyridine rings is 1. The van der Waals surface area contributed by atoms with Crippen molar-refractivity contribution in [3.05, 3.63) is 108 Å². The van der Waals surface area contributed by atoms with Gasteiger partial charge in [-0.3, -0.25) is 10.3 Å². The Labute approximate surface area is 270 Å². The second-order valence-electron chi connectivity index (χ2n) is 13.1. The van der Waals surface area contributed by atoms with Crippen LogP contribution < -0.4 is 10.6 Å². The van der Waals surface area contributed by atoms with Crippen molar-refractivity contribution in [2.75, 3.05) is 23.7 Å². The Morgan fingerprint density at radius 1 is 0.935 bits per heavy atom. The fraction of sp³-hybridized carbons (Fsp3) is 0.306. The van der Waals surface area contributed by atoms with Crippen molar-refractivity contribution in [3.8, 4) is 5.69 Å². The summed E-state index contributed by atoms with van der Waals surface area (Å²) >= 11 is 0. The number of hydrogen-bond donors (Lipinski definition) is 2. The number of carbonyl (C=O) groups excluding carboxylic acids is 1. The number of carbonyl (C=O) groups is 1. The summed E-state index contributed by atoms with van der Waals surface area (Å²) in [6.07, 6.45) is 5.76. The van der Waals surface area contributed by atoms with Gasteiger partial charge in [-0.25, -0.2) is 17.9 Å². The average Bonchev–Trinajstić information content (AvgIpc) is 3.46. The molecule has 3 heterocycles. The normalized spacial score (nSPS) is 14.8. The number of anilines is 2. The van der Waals surface area contributed by atoms with Gasteiger partial charge in [0, 0.05) is 53.4 Å². The minimum atomic E-state index is -3.60. The van der Waals surface area contributed by atoms with Gasteiger partial charge < -0.3 is 5.32 Å². The summed E-state index contributed by atoms with van der Waals surface area (Å²) in [5, 5.41) is 12.2. The first-order valence-electron chi connectivity index (χ1n) is 15.6. The Kier molecular flexibility index (Phi) is 8.67. The van der Waals surface area contributed by atoms with Gasteiger partial charge in [0.1, 0.15) is 5.82 Å². The first-order chi connectivity index (χ1) is 22.0. The van der Waals surface area contributed by atoms with Crippen LogP contribution >= 0.6 is 0 Å². The molecule has 0 unspecified atom stereocenters. The van der Waals surface area contributed by atoms with Crippen molar-refractivity contribution in [2.24, 2.45) is 5.92 Å². The van der Waals surface area contributed by atoms with Crippen molar-refractivity contribution in [1.82, 2.24) is 19.1 Å². The maximum Gasteiger partial charge on any atom is 0.324 e. The zero-order chi connectivity index (χ0) is 32.5. The number of aryl methyl sites for hydroxylation is 1. The van der Waals surface area contributed by atoms with Crippen LogP contribution in [0.3, 0.4) is 0 Å². The fourth-order valence-corrected chi connectivity index (χ4v) is 7.55. The number of rotatable bonds is 7. The van der Waals surface area contributed by atoms with Gasteiger partial charge >= 0.3 is 6.03 Å². The number of aromatic nitrogens is 3. The highest BCUT2D eigenvalue weighted by molar-refractivity contribution is 7.89. The third kappa shape index (κ3) is 6.83. The lowest BCUT2D eigenvalue weighted by Gasteiger charge is -2.31. The van der Waals surface area contributed by atoms with Gasteiger partial charge in [-0.05, 0) is 74.1 Å². The number of nitrogens with one attached hydrogen (secondary N) is 2. The number of amides is 2. The van der Waals surface area contributed by atoms with Gasteiger partial charge in [0.15, 0.2) is 0 Å². The lowest BCUT2D eigenvalue weighted by molar-refractivity contribution is 0.262. The van der Waals surface area contributed by atoms with Gasteiger partial charge in [0.25, 0.3) is 0 Å². The second-order valence-corrected chi connectivity index (χ2v) is 15.0. The van der Waals surface area contributed by atoms with Crippen LogP contribution in [0.5, 0.6) is 0 Å². The summed E-state index contributed by atoms with van der Waals surface area (Å²) in [6, 6.07) is 24.5. The Hall–Kier alpha value is -4.54. The average molecular weight is 637 g/mol. The van der Waals surface area contributed by atoms with Gasteiger partial charge in [-0.15, -0.1) is 0 Å². The number of sulfonamides is 1. The highest BCUT2D eigenvalue weighted by atomic mass is 32.2. The van der Waals surface area contributed by atoms with Crippen LogP contribution in [-0.2, 0) is 21.9 Å². The highest BCUT2D eigenvalue weighted by Gasteiger charge is 2.30. The zero-order valence-electron chi connectivity index (χ0n) is 26.7. The summed E-state index contributed by atoms with van der Waals surface area (Å²) in [4.78, 5) is 17.5. The molecular formula is C36H40N6O3S. The van der Waals surface area contributed by atoms with Crippen molar-refractivity contribution in [1.29, 1.82) is 0 Å². The number of benzene rings is 3. The van der Waals surface area contributed by atoms with Crippen LogP contribution in [0, 0.1) is 12.8 Å². The quantitative estimate of drug-likeness (QED) is 0.195. The molecule has 5 aromatic rings.